The summed E-state index contributed by atoms with van der Waals surface area (Å²) < 4.78 is 61.6. The van der Waals surface area contributed by atoms with Crippen molar-refractivity contribution in [2.45, 2.75) is 30.8 Å². The third-order valence-corrected chi connectivity index (χ3v) is 5.03. The molecule has 6 nitrogen and oxygen atoms in total. The number of alkyl halides is 3. The van der Waals surface area contributed by atoms with Crippen LogP contribution in [0.4, 0.5) is 13.2 Å². The van der Waals surface area contributed by atoms with E-state index in [9.17, 15) is 26.4 Å². The second-order valence-electron chi connectivity index (χ2n) is 6.23. The van der Waals surface area contributed by atoms with Gasteiger partial charge in [-0.2, -0.15) is 13.2 Å². The predicted octanol–water partition coefficient (Wildman–Crippen LogP) is 1.75. The number of rotatable bonds is 3. The molecule has 0 radical (unpaired) electrons. The van der Waals surface area contributed by atoms with Gasteiger partial charge in [0.15, 0.2) is 0 Å². The van der Waals surface area contributed by atoms with Crippen molar-refractivity contribution in [1.82, 2.24) is 14.9 Å². The van der Waals surface area contributed by atoms with Crippen LogP contribution in [0.1, 0.15) is 22.4 Å². The number of aromatic nitrogens is 2. The summed E-state index contributed by atoms with van der Waals surface area (Å²) in [7, 11) is -3.63. The molecule has 0 atom stereocenters. The average molecular weight is 387 g/mol. The molecule has 3 rings (SSSR count). The van der Waals surface area contributed by atoms with Gasteiger partial charge in [-0.05, 0) is 11.6 Å². The van der Waals surface area contributed by atoms with Gasteiger partial charge in [-0.25, -0.2) is 13.4 Å². The van der Waals surface area contributed by atoms with Crippen molar-refractivity contribution in [2.75, 3.05) is 12.8 Å². The van der Waals surface area contributed by atoms with Crippen molar-refractivity contribution in [3.05, 3.63) is 57.0 Å². The Morgan fingerprint density at radius 2 is 2.04 bits per heavy atom. The predicted molar refractivity (Wildman–Crippen MR) is 87.2 cm³/mol. The Hall–Kier alpha value is -2.20. The maximum atomic E-state index is 12.8. The highest BCUT2D eigenvalue weighted by molar-refractivity contribution is 7.90. The van der Waals surface area contributed by atoms with E-state index in [-0.39, 0.29) is 18.2 Å². The van der Waals surface area contributed by atoms with Crippen LogP contribution in [0.25, 0.3) is 0 Å². The minimum absolute atomic E-state index is 0.192. The number of nitrogens with zero attached hydrogens (tertiary/aromatic N) is 2. The number of halogens is 3. The van der Waals surface area contributed by atoms with Crippen molar-refractivity contribution < 1.29 is 21.6 Å². The van der Waals surface area contributed by atoms with Crippen LogP contribution in [0.5, 0.6) is 0 Å². The van der Waals surface area contributed by atoms with Crippen LogP contribution in [-0.4, -0.2) is 36.1 Å². The first-order valence-corrected chi connectivity index (χ1v) is 9.64. The van der Waals surface area contributed by atoms with E-state index >= 15 is 0 Å². The van der Waals surface area contributed by atoms with Crippen molar-refractivity contribution in [2.24, 2.45) is 0 Å². The van der Waals surface area contributed by atoms with Gasteiger partial charge in [-0.15, -0.1) is 0 Å². The summed E-state index contributed by atoms with van der Waals surface area (Å²) in [5.74, 6) is 0. The van der Waals surface area contributed by atoms with E-state index in [1.165, 1.54) is 6.07 Å². The Morgan fingerprint density at radius 3 is 2.69 bits per heavy atom. The van der Waals surface area contributed by atoms with Gasteiger partial charge in [0.2, 0.25) is 15.0 Å². The van der Waals surface area contributed by atoms with Crippen molar-refractivity contribution in [3.63, 3.8) is 0 Å². The lowest BCUT2D eigenvalue weighted by Gasteiger charge is -2.27. The lowest BCUT2D eigenvalue weighted by atomic mass is 10.1. The first-order valence-electron chi connectivity index (χ1n) is 7.74. The highest BCUT2D eigenvalue weighted by Gasteiger charge is 2.30. The van der Waals surface area contributed by atoms with E-state index in [2.05, 4.69) is 9.97 Å². The normalized spacial score (nSPS) is 15.7. The largest absolute Gasteiger partial charge is 0.416 e. The van der Waals surface area contributed by atoms with E-state index in [0.717, 1.165) is 18.4 Å². The van der Waals surface area contributed by atoms with Crippen LogP contribution >= 0.6 is 0 Å². The average Bonchev–Trinajstić information content (AvgIpc) is 2.54. The highest BCUT2D eigenvalue weighted by atomic mass is 32.2. The second kappa shape index (κ2) is 6.51. The number of sulfone groups is 1. The summed E-state index contributed by atoms with van der Waals surface area (Å²) in [6, 6.07) is 5.05. The summed E-state index contributed by atoms with van der Waals surface area (Å²) in [5.41, 5.74) is -0.0144. The smallest absolute Gasteiger partial charge is 0.297 e. The molecule has 10 heteroatoms. The quantitative estimate of drug-likeness (QED) is 0.812. The van der Waals surface area contributed by atoms with E-state index in [1.54, 1.807) is 6.07 Å². The molecule has 26 heavy (non-hydrogen) atoms. The maximum Gasteiger partial charge on any atom is 0.416 e. The molecule has 1 N–H and O–H groups in total. The minimum Gasteiger partial charge on any atom is -0.297 e. The molecule has 140 valence electrons. The Morgan fingerprint density at radius 1 is 1.31 bits per heavy atom. The maximum absolute atomic E-state index is 12.8. The molecule has 2 heterocycles. The molecule has 0 unspecified atom stereocenters. The summed E-state index contributed by atoms with van der Waals surface area (Å²) in [4.78, 5) is 20.3. The topological polar surface area (TPSA) is 83.1 Å². The number of aromatic amines is 1. The van der Waals surface area contributed by atoms with Crippen LogP contribution in [0, 0.1) is 0 Å². The lowest BCUT2D eigenvalue weighted by molar-refractivity contribution is -0.137. The standard InChI is InChI=1S/C16H16F3N3O3S/c1-26(24,25)15-20-13-5-6-22(9-12(13)14(23)21-15)8-10-3-2-4-11(7-10)16(17,18)19/h2-4,7H,5-6,8-9H2,1H3,(H,20,21,23). The first-order chi connectivity index (χ1) is 12.0. The zero-order valence-corrected chi connectivity index (χ0v) is 14.6. The molecular weight excluding hydrogens is 371 g/mol. The van der Waals surface area contributed by atoms with Gasteiger partial charge < -0.3 is 0 Å². The fourth-order valence-corrected chi connectivity index (χ4v) is 3.43. The summed E-state index contributed by atoms with van der Waals surface area (Å²) in [6.07, 6.45) is -3.10. The Labute approximate surface area is 147 Å². The number of hydrogen-bond acceptors (Lipinski definition) is 5. The SMILES string of the molecule is CS(=O)(=O)c1nc2c(c(=O)[nH]1)CN(Cc1cccc(C(F)(F)F)c1)CC2. The van der Waals surface area contributed by atoms with Crippen LogP contribution in [-0.2, 0) is 35.5 Å². The fourth-order valence-electron chi connectivity index (χ4n) is 2.87. The molecule has 1 aliphatic rings. The molecular formula is C16H16F3N3O3S. The number of benzene rings is 1. The van der Waals surface area contributed by atoms with Gasteiger partial charge in [0.05, 0.1) is 16.8 Å². The van der Waals surface area contributed by atoms with E-state index in [0.29, 0.717) is 29.8 Å². The number of H-pyrrole nitrogens is 1. The number of fused-ring (bicyclic) bond motifs is 1. The first kappa shape index (κ1) is 18.6. The summed E-state index contributed by atoms with van der Waals surface area (Å²) in [5, 5.41) is -0.368. The fraction of sp³-hybridized carbons (Fsp3) is 0.375. The Balaban J connectivity index is 1.83. The molecule has 0 amide bonds. The zero-order valence-electron chi connectivity index (χ0n) is 13.8. The van der Waals surface area contributed by atoms with Gasteiger partial charge >= 0.3 is 6.18 Å². The van der Waals surface area contributed by atoms with Gasteiger partial charge in [0, 0.05) is 32.3 Å². The van der Waals surface area contributed by atoms with Crippen molar-refractivity contribution in [3.8, 4) is 0 Å². The monoisotopic (exact) mass is 387 g/mol. The lowest BCUT2D eigenvalue weighted by Crippen LogP contribution is -2.36. The molecule has 0 saturated heterocycles. The summed E-state index contributed by atoms with van der Waals surface area (Å²) >= 11 is 0. The van der Waals surface area contributed by atoms with Crippen LogP contribution in [0.15, 0.2) is 34.2 Å². The van der Waals surface area contributed by atoms with Gasteiger partial charge in [-0.1, -0.05) is 18.2 Å². The molecule has 1 aromatic heterocycles. The third-order valence-electron chi connectivity index (χ3n) is 4.14. The zero-order chi connectivity index (χ0) is 19.1. The molecule has 0 aliphatic carbocycles. The molecule has 1 aliphatic heterocycles. The van der Waals surface area contributed by atoms with E-state index in [4.69, 9.17) is 0 Å². The molecule has 0 spiro atoms. The number of nitrogens with one attached hydrogen (secondary N) is 1. The Kier molecular flexibility index (Phi) is 4.65. The Bertz CT molecular complexity index is 1000. The van der Waals surface area contributed by atoms with Crippen LogP contribution in [0.2, 0.25) is 0 Å². The molecule has 0 saturated carbocycles. The van der Waals surface area contributed by atoms with Crippen LogP contribution < -0.4 is 5.56 Å². The van der Waals surface area contributed by atoms with Crippen molar-refractivity contribution in [1.29, 1.82) is 0 Å². The number of hydrogen-bond donors (Lipinski definition) is 1. The second-order valence-corrected chi connectivity index (χ2v) is 8.16. The molecule has 0 bridgehead atoms. The third kappa shape index (κ3) is 3.96. The van der Waals surface area contributed by atoms with Crippen LogP contribution in [0.3, 0.4) is 0 Å². The summed E-state index contributed by atoms with van der Waals surface area (Å²) in [6.45, 7) is 0.900. The van der Waals surface area contributed by atoms with Crippen molar-refractivity contribution >= 4 is 9.84 Å². The molecule has 2 aromatic rings. The van der Waals surface area contributed by atoms with Gasteiger partial charge in [0.1, 0.15) is 0 Å². The van der Waals surface area contributed by atoms with E-state index in [1.807, 2.05) is 4.90 Å². The minimum atomic E-state index is -4.41. The highest BCUT2D eigenvalue weighted by Crippen LogP contribution is 2.30. The molecule has 1 aromatic carbocycles. The molecule has 0 fully saturated rings. The van der Waals surface area contributed by atoms with Gasteiger partial charge in [-0.3, -0.25) is 14.7 Å². The van der Waals surface area contributed by atoms with Gasteiger partial charge in [0.25, 0.3) is 5.56 Å². The van der Waals surface area contributed by atoms with E-state index < -0.39 is 27.1 Å².